The molecule has 0 N–H and O–H groups in total. The lowest BCUT2D eigenvalue weighted by atomic mass is 10.2. The second-order valence-electron chi connectivity index (χ2n) is 4.25. The molecule has 0 spiro atoms. The van der Waals surface area contributed by atoms with E-state index >= 15 is 0 Å². The molecule has 1 atom stereocenters. The van der Waals surface area contributed by atoms with Crippen molar-refractivity contribution in [1.29, 1.82) is 0 Å². The summed E-state index contributed by atoms with van der Waals surface area (Å²) in [5.41, 5.74) is 1.36. The highest BCUT2D eigenvalue weighted by Crippen LogP contribution is 2.29. The largest absolute Gasteiger partial charge is 0.498 e. The second kappa shape index (κ2) is 4.22. The average molecular weight is 197 g/mol. The Morgan fingerprint density at radius 1 is 1.64 bits per heavy atom. The van der Waals surface area contributed by atoms with Gasteiger partial charge in [-0.1, -0.05) is 0 Å². The van der Waals surface area contributed by atoms with E-state index in [1.165, 1.54) is 12.1 Å². The lowest BCUT2D eigenvalue weighted by Gasteiger charge is -2.30. The van der Waals surface area contributed by atoms with Crippen LogP contribution in [0.25, 0.3) is 0 Å². The van der Waals surface area contributed by atoms with Crippen molar-refractivity contribution in [3.05, 3.63) is 12.0 Å². The number of allylic oxidation sites excluding steroid dienone is 1. The van der Waals surface area contributed by atoms with Gasteiger partial charge in [0.2, 0.25) is 0 Å². The maximum Gasteiger partial charge on any atom is 0.105 e. The van der Waals surface area contributed by atoms with Crippen molar-refractivity contribution >= 4 is 0 Å². The molecule has 0 radical (unpaired) electrons. The zero-order chi connectivity index (χ0) is 9.97. The van der Waals surface area contributed by atoms with E-state index in [0.29, 0.717) is 12.1 Å². The van der Waals surface area contributed by atoms with Gasteiger partial charge in [0.15, 0.2) is 0 Å². The van der Waals surface area contributed by atoms with Crippen LogP contribution < -0.4 is 0 Å². The van der Waals surface area contributed by atoms with Crippen LogP contribution in [0.1, 0.15) is 26.7 Å². The molecule has 0 aromatic carbocycles. The molecule has 2 aliphatic rings. The third-order valence-corrected chi connectivity index (χ3v) is 2.83. The molecule has 0 aliphatic carbocycles. The number of rotatable bonds is 3. The molecule has 80 valence electrons. The van der Waals surface area contributed by atoms with Crippen LogP contribution in [0.4, 0.5) is 0 Å². The third-order valence-electron chi connectivity index (χ3n) is 2.83. The topological polar surface area (TPSA) is 21.7 Å². The molecule has 0 saturated carbocycles. The van der Waals surface area contributed by atoms with E-state index in [4.69, 9.17) is 9.47 Å². The molecule has 14 heavy (non-hydrogen) atoms. The Hall–Kier alpha value is -0.700. The molecular weight excluding hydrogens is 178 g/mol. The summed E-state index contributed by atoms with van der Waals surface area (Å²) in [6.45, 7) is 6.88. The van der Waals surface area contributed by atoms with E-state index in [-0.39, 0.29) is 0 Å². The average Bonchev–Trinajstić information content (AvgIpc) is 2.58. The van der Waals surface area contributed by atoms with Crippen LogP contribution >= 0.6 is 0 Å². The van der Waals surface area contributed by atoms with Gasteiger partial charge < -0.3 is 14.4 Å². The Labute approximate surface area is 85.7 Å². The SMILES string of the molecule is CC(C)OC[C@H]1CCC2=COCCN21. The van der Waals surface area contributed by atoms with E-state index in [1.807, 2.05) is 6.26 Å². The second-order valence-corrected chi connectivity index (χ2v) is 4.25. The molecule has 0 aromatic heterocycles. The Kier molecular flexibility index (Phi) is 2.96. The molecule has 3 heteroatoms. The molecule has 1 saturated heterocycles. The molecule has 2 heterocycles. The standard InChI is InChI=1S/C11H19NO2/c1-9(2)14-8-11-4-3-10-7-13-6-5-12(10)11/h7,9,11H,3-6,8H2,1-2H3/t11-/m1/s1. The van der Waals surface area contributed by atoms with Gasteiger partial charge in [0.1, 0.15) is 12.9 Å². The quantitative estimate of drug-likeness (QED) is 0.688. The smallest absolute Gasteiger partial charge is 0.105 e. The molecule has 0 aromatic rings. The van der Waals surface area contributed by atoms with Crippen LogP contribution in [0.15, 0.2) is 12.0 Å². The normalized spacial score (nSPS) is 26.1. The summed E-state index contributed by atoms with van der Waals surface area (Å²) < 4.78 is 11.0. The molecule has 1 fully saturated rings. The Morgan fingerprint density at radius 3 is 3.29 bits per heavy atom. The highest BCUT2D eigenvalue weighted by atomic mass is 16.5. The van der Waals surface area contributed by atoms with E-state index in [9.17, 15) is 0 Å². The minimum atomic E-state index is 0.337. The minimum absolute atomic E-state index is 0.337. The Balaban J connectivity index is 1.88. The van der Waals surface area contributed by atoms with E-state index in [2.05, 4.69) is 18.7 Å². The van der Waals surface area contributed by atoms with Crippen LogP contribution in [0.3, 0.4) is 0 Å². The fourth-order valence-corrected chi connectivity index (χ4v) is 2.08. The zero-order valence-electron chi connectivity index (χ0n) is 9.03. The summed E-state index contributed by atoms with van der Waals surface area (Å²) in [6.07, 6.45) is 4.61. The lowest BCUT2D eigenvalue weighted by Crippen LogP contribution is -2.37. The first kappa shape index (κ1) is 9.84. The number of nitrogens with zero attached hydrogens (tertiary/aromatic N) is 1. The summed E-state index contributed by atoms with van der Waals surface area (Å²) in [5.74, 6) is 0. The number of hydrogen-bond donors (Lipinski definition) is 0. The fraction of sp³-hybridized carbons (Fsp3) is 0.818. The Bertz CT molecular complexity index is 225. The van der Waals surface area contributed by atoms with Crippen LogP contribution in [-0.2, 0) is 9.47 Å². The van der Waals surface area contributed by atoms with Gasteiger partial charge in [0, 0.05) is 5.70 Å². The van der Waals surface area contributed by atoms with Gasteiger partial charge >= 0.3 is 0 Å². The first-order chi connectivity index (χ1) is 6.77. The van der Waals surface area contributed by atoms with Crippen LogP contribution in [0.5, 0.6) is 0 Å². The summed E-state index contributed by atoms with van der Waals surface area (Å²) in [5, 5.41) is 0. The minimum Gasteiger partial charge on any atom is -0.498 e. The zero-order valence-corrected chi connectivity index (χ0v) is 9.03. The highest BCUT2D eigenvalue weighted by Gasteiger charge is 2.30. The third kappa shape index (κ3) is 2.03. The number of ether oxygens (including phenoxy) is 2. The van der Waals surface area contributed by atoms with Gasteiger partial charge in [-0.15, -0.1) is 0 Å². The van der Waals surface area contributed by atoms with Crippen molar-refractivity contribution in [2.24, 2.45) is 0 Å². The van der Waals surface area contributed by atoms with Crippen molar-refractivity contribution in [2.45, 2.75) is 38.8 Å². The van der Waals surface area contributed by atoms with Gasteiger partial charge in [0.05, 0.1) is 25.3 Å². The van der Waals surface area contributed by atoms with E-state index in [1.54, 1.807) is 0 Å². The highest BCUT2D eigenvalue weighted by molar-refractivity contribution is 5.08. The first-order valence-electron chi connectivity index (χ1n) is 5.46. The molecule has 0 bridgehead atoms. The number of fused-ring (bicyclic) bond motifs is 1. The fourth-order valence-electron chi connectivity index (χ4n) is 2.08. The van der Waals surface area contributed by atoms with Crippen LogP contribution in [-0.4, -0.2) is 36.8 Å². The van der Waals surface area contributed by atoms with Gasteiger partial charge in [0.25, 0.3) is 0 Å². The summed E-state index contributed by atoms with van der Waals surface area (Å²) in [4.78, 5) is 2.44. The van der Waals surface area contributed by atoms with Crippen LogP contribution in [0.2, 0.25) is 0 Å². The molecule has 0 amide bonds. The van der Waals surface area contributed by atoms with Gasteiger partial charge in [-0.25, -0.2) is 0 Å². The van der Waals surface area contributed by atoms with Crippen molar-refractivity contribution in [2.75, 3.05) is 19.8 Å². The molecular formula is C11H19NO2. The summed E-state index contributed by atoms with van der Waals surface area (Å²) in [7, 11) is 0. The van der Waals surface area contributed by atoms with E-state index < -0.39 is 0 Å². The summed E-state index contributed by atoms with van der Waals surface area (Å²) >= 11 is 0. The predicted molar refractivity (Wildman–Crippen MR) is 54.9 cm³/mol. The van der Waals surface area contributed by atoms with Gasteiger partial charge in [-0.3, -0.25) is 0 Å². The predicted octanol–water partition coefficient (Wildman–Crippen LogP) is 1.75. The van der Waals surface area contributed by atoms with Gasteiger partial charge in [-0.2, -0.15) is 0 Å². The van der Waals surface area contributed by atoms with Crippen molar-refractivity contribution in [3.8, 4) is 0 Å². The molecule has 2 rings (SSSR count). The lowest BCUT2D eigenvalue weighted by molar-refractivity contribution is 0.0327. The Morgan fingerprint density at radius 2 is 2.50 bits per heavy atom. The van der Waals surface area contributed by atoms with Crippen molar-refractivity contribution in [3.63, 3.8) is 0 Å². The number of hydrogen-bond acceptors (Lipinski definition) is 3. The molecule has 2 aliphatic heterocycles. The van der Waals surface area contributed by atoms with Crippen molar-refractivity contribution < 1.29 is 9.47 Å². The molecule has 0 unspecified atom stereocenters. The monoisotopic (exact) mass is 197 g/mol. The summed E-state index contributed by atoms with van der Waals surface area (Å²) in [6, 6.07) is 0.576. The maximum absolute atomic E-state index is 5.67. The van der Waals surface area contributed by atoms with Crippen LogP contribution in [0, 0.1) is 0 Å². The van der Waals surface area contributed by atoms with E-state index in [0.717, 1.165) is 26.2 Å². The van der Waals surface area contributed by atoms with Crippen molar-refractivity contribution in [1.82, 2.24) is 4.90 Å². The van der Waals surface area contributed by atoms with Gasteiger partial charge in [-0.05, 0) is 26.7 Å². The molecule has 3 nitrogen and oxygen atoms in total. The maximum atomic E-state index is 5.67. The first-order valence-corrected chi connectivity index (χ1v) is 5.46.